The molecular formula is C14H20ClN3O2. The van der Waals surface area contributed by atoms with E-state index < -0.39 is 4.92 Å². The number of nitrogens with zero attached hydrogens (tertiary/aromatic N) is 2. The molecule has 2 rings (SSSR count). The van der Waals surface area contributed by atoms with E-state index in [1.54, 1.807) is 12.1 Å². The second-order valence-electron chi connectivity index (χ2n) is 5.56. The lowest BCUT2D eigenvalue weighted by Crippen LogP contribution is -2.46. The number of benzene rings is 1. The van der Waals surface area contributed by atoms with E-state index in [0.29, 0.717) is 18.5 Å². The molecule has 6 heteroatoms. The Morgan fingerprint density at radius 2 is 2.30 bits per heavy atom. The highest BCUT2D eigenvalue weighted by Crippen LogP contribution is 2.25. The van der Waals surface area contributed by atoms with Crippen LogP contribution in [0.2, 0.25) is 5.02 Å². The SMILES string of the molecule is CC1CN(C)CCC1NCc1ccc(Cl)c([N+](=O)[O-])c1. The smallest absolute Gasteiger partial charge is 0.288 e. The molecule has 0 bridgehead atoms. The average molecular weight is 298 g/mol. The van der Waals surface area contributed by atoms with E-state index in [4.69, 9.17) is 11.6 Å². The number of hydrogen-bond acceptors (Lipinski definition) is 4. The van der Waals surface area contributed by atoms with Crippen LogP contribution in [-0.4, -0.2) is 36.0 Å². The number of piperidine rings is 1. The molecule has 2 unspecified atom stereocenters. The van der Waals surface area contributed by atoms with Gasteiger partial charge in [-0.15, -0.1) is 0 Å². The van der Waals surface area contributed by atoms with Gasteiger partial charge in [-0.3, -0.25) is 10.1 Å². The Morgan fingerprint density at radius 1 is 1.55 bits per heavy atom. The van der Waals surface area contributed by atoms with E-state index in [0.717, 1.165) is 25.1 Å². The Bertz CT molecular complexity index is 495. The fourth-order valence-corrected chi connectivity index (χ4v) is 2.90. The zero-order valence-corrected chi connectivity index (χ0v) is 12.6. The molecule has 1 heterocycles. The summed E-state index contributed by atoms with van der Waals surface area (Å²) in [6, 6.07) is 5.44. The van der Waals surface area contributed by atoms with Gasteiger partial charge in [0.25, 0.3) is 5.69 Å². The molecule has 1 aliphatic rings. The zero-order valence-electron chi connectivity index (χ0n) is 11.8. The maximum atomic E-state index is 10.9. The lowest BCUT2D eigenvalue weighted by Gasteiger charge is -2.35. The maximum absolute atomic E-state index is 10.9. The van der Waals surface area contributed by atoms with Crippen LogP contribution in [0.4, 0.5) is 5.69 Å². The second kappa shape index (κ2) is 6.52. The number of halogens is 1. The van der Waals surface area contributed by atoms with Gasteiger partial charge in [-0.05, 0) is 37.6 Å². The van der Waals surface area contributed by atoms with Crippen LogP contribution in [0, 0.1) is 16.0 Å². The van der Waals surface area contributed by atoms with Crippen LogP contribution in [0.3, 0.4) is 0 Å². The number of hydrogen-bond donors (Lipinski definition) is 1. The van der Waals surface area contributed by atoms with Crippen LogP contribution in [-0.2, 0) is 6.54 Å². The summed E-state index contributed by atoms with van der Waals surface area (Å²) in [5.74, 6) is 0.580. The predicted octanol–water partition coefficient (Wildman–Crippen LogP) is 2.68. The van der Waals surface area contributed by atoms with Crippen molar-refractivity contribution in [2.45, 2.75) is 25.9 Å². The first-order valence-corrected chi connectivity index (χ1v) is 7.20. The van der Waals surface area contributed by atoms with E-state index in [9.17, 15) is 10.1 Å². The van der Waals surface area contributed by atoms with Crippen molar-refractivity contribution in [1.82, 2.24) is 10.2 Å². The number of rotatable bonds is 4. The number of nitrogens with one attached hydrogen (secondary N) is 1. The third-order valence-corrected chi connectivity index (χ3v) is 4.20. The molecule has 1 aliphatic heterocycles. The molecule has 1 aromatic rings. The highest BCUT2D eigenvalue weighted by molar-refractivity contribution is 6.32. The van der Waals surface area contributed by atoms with E-state index in [1.807, 2.05) is 6.07 Å². The average Bonchev–Trinajstić information content (AvgIpc) is 2.39. The van der Waals surface area contributed by atoms with Crippen molar-refractivity contribution in [3.8, 4) is 0 Å². The Morgan fingerprint density at radius 3 is 2.95 bits per heavy atom. The van der Waals surface area contributed by atoms with Gasteiger partial charge in [-0.2, -0.15) is 0 Å². The van der Waals surface area contributed by atoms with Crippen LogP contribution in [0.1, 0.15) is 18.9 Å². The Hall–Kier alpha value is -1.17. The summed E-state index contributed by atoms with van der Waals surface area (Å²) in [6.45, 7) is 5.04. The molecule has 1 aromatic carbocycles. The number of nitro groups is 1. The van der Waals surface area contributed by atoms with Crippen molar-refractivity contribution >= 4 is 17.3 Å². The molecule has 1 N–H and O–H groups in total. The van der Waals surface area contributed by atoms with Gasteiger partial charge < -0.3 is 10.2 Å². The summed E-state index contributed by atoms with van der Waals surface area (Å²) < 4.78 is 0. The third-order valence-electron chi connectivity index (χ3n) is 3.88. The third kappa shape index (κ3) is 3.69. The summed E-state index contributed by atoms with van der Waals surface area (Å²) in [7, 11) is 2.13. The van der Waals surface area contributed by atoms with Gasteiger partial charge in [0.15, 0.2) is 0 Å². The molecule has 2 atom stereocenters. The number of nitro benzene ring substituents is 1. The topological polar surface area (TPSA) is 58.4 Å². The normalized spacial score (nSPS) is 23.8. The maximum Gasteiger partial charge on any atom is 0.288 e. The van der Waals surface area contributed by atoms with E-state index in [-0.39, 0.29) is 10.7 Å². The van der Waals surface area contributed by atoms with Crippen LogP contribution in [0.25, 0.3) is 0 Å². The molecule has 5 nitrogen and oxygen atoms in total. The highest BCUT2D eigenvalue weighted by atomic mass is 35.5. The minimum atomic E-state index is -0.440. The monoisotopic (exact) mass is 297 g/mol. The van der Waals surface area contributed by atoms with Crippen molar-refractivity contribution in [2.75, 3.05) is 20.1 Å². The first-order valence-electron chi connectivity index (χ1n) is 6.82. The summed E-state index contributed by atoms with van der Waals surface area (Å²) in [6.07, 6.45) is 1.10. The lowest BCUT2D eigenvalue weighted by atomic mass is 9.94. The standard InChI is InChI=1S/C14H20ClN3O2/c1-10-9-17(2)6-5-13(10)16-8-11-3-4-12(15)14(7-11)18(19)20/h3-4,7,10,13,16H,5-6,8-9H2,1-2H3. The van der Waals surface area contributed by atoms with Crippen molar-refractivity contribution in [3.05, 3.63) is 38.9 Å². The summed E-state index contributed by atoms with van der Waals surface area (Å²) in [5, 5.41) is 14.6. The predicted molar refractivity (Wildman–Crippen MR) is 80.0 cm³/mol. The van der Waals surface area contributed by atoms with E-state index >= 15 is 0 Å². The summed E-state index contributed by atoms with van der Waals surface area (Å²) in [5.41, 5.74) is 0.870. The van der Waals surface area contributed by atoms with Crippen molar-refractivity contribution in [2.24, 2.45) is 5.92 Å². The van der Waals surface area contributed by atoms with Gasteiger partial charge in [0.2, 0.25) is 0 Å². The molecule has 0 saturated carbocycles. The molecule has 1 saturated heterocycles. The fourth-order valence-electron chi connectivity index (χ4n) is 2.71. The second-order valence-corrected chi connectivity index (χ2v) is 5.97. The van der Waals surface area contributed by atoms with Gasteiger partial charge in [0.05, 0.1) is 4.92 Å². The van der Waals surface area contributed by atoms with Crippen LogP contribution in [0.15, 0.2) is 18.2 Å². The summed E-state index contributed by atoms with van der Waals surface area (Å²) >= 11 is 5.81. The molecular weight excluding hydrogens is 278 g/mol. The van der Waals surface area contributed by atoms with Gasteiger partial charge in [0, 0.05) is 25.2 Å². The largest absolute Gasteiger partial charge is 0.310 e. The van der Waals surface area contributed by atoms with Gasteiger partial charge >= 0.3 is 0 Å². The van der Waals surface area contributed by atoms with Crippen LogP contribution in [0.5, 0.6) is 0 Å². The van der Waals surface area contributed by atoms with Crippen molar-refractivity contribution in [3.63, 3.8) is 0 Å². The zero-order chi connectivity index (χ0) is 14.7. The van der Waals surface area contributed by atoms with Gasteiger partial charge in [0.1, 0.15) is 5.02 Å². The van der Waals surface area contributed by atoms with Gasteiger partial charge in [-0.25, -0.2) is 0 Å². The molecule has 110 valence electrons. The number of likely N-dealkylation sites (tertiary alicyclic amines) is 1. The fraction of sp³-hybridized carbons (Fsp3) is 0.571. The highest BCUT2D eigenvalue weighted by Gasteiger charge is 2.23. The van der Waals surface area contributed by atoms with Crippen molar-refractivity contribution in [1.29, 1.82) is 0 Å². The Labute approximate surface area is 124 Å². The molecule has 20 heavy (non-hydrogen) atoms. The Kier molecular flexibility index (Phi) is 4.96. The van der Waals surface area contributed by atoms with Crippen molar-refractivity contribution < 1.29 is 4.92 Å². The molecule has 0 aromatic heterocycles. The molecule has 1 fully saturated rings. The molecule has 0 aliphatic carbocycles. The first kappa shape index (κ1) is 15.2. The minimum Gasteiger partial charge on any atom is -0.310 e. The molecule has 0 radical (unpaired) electrons. The van der Waals surface area contributed by atoms with Crippen LogP contribution < -0.4 is 5.32 Å². The minimum absolute atomic E-state index is 0.0256. The molecule has 0 amide bonds. The quantitative estimate of drug-likeness (QED) is 0.686. The first-order chi connectivity index (χ1) is 9.47. The van der Waals surface area contributed by atoms with Crippen LogP contribution >= 0.6 is 11.6 Å². The molecule has 0 spiro atoms. The van der Waals surface area contributed by atoms with Gasteiger partial charge in [-0.1, -0.05) is 24.6 Å². The van der Waals surface area contributed by atoms with E-state index in [2.05, 4.69) is 24.2 Å². The van der Waals surface area contributed by atoms with E-state index in [1.165, 1.54) is 0 Å². The Balaban J connectivity index is 1.97. The lowest BCUT2D eigenvalue weighted by molar-refractivity contribution is -0.384. The summed E-state index contributed by atoms with van der Waals surface area (Å²) in [4.78, 5) is 12.8.